The predicted octanol–water partition coefficient (Wildman–Crippen LogP) is 4.64. The average molecular weight is 499 g/mol. The molecule has 0 spiro atoms. The Morgan fingerprint density at radius 3 is 2.44 bits per heavy atom. The van der Waals surface area contributed by atoms with E-state index in [4.69, 9.17) is 23.2 Å². The summed E-state index contributed by atoms with van der Waals surface area (Å²) in [5, 5.41) is 8.30. The summed E-state index contributed by atoms with van der Waals surface area (Å²) in [5.41, 5.74) is 0.931. The molecular formula is C22H28Cl2N4O3S. The number of hydrogen-bond acceptors (Lipinski definition) is 5. The van der Waals surface area contributed by atoms with Crippen molar-refractivity contribution in [3.8, 4) is 0 Å². The van der Waals surface area contributed by atoms with E-state index in [1.165, 1.54) is 22.3 Å². The molecule has 0 aliphatic heterocycles. The second-order valence-corrected chi connectivity index (χ2v) is 9.73. The van der Waals surface area contributed by atoms with Crippen molar-refractivity contribution < 1.29 is 14.4 Å². The molecule has 1 aromatic heterocycles. The molecule has 32 heavy (non-hydrogen) atoms. The van der Waals surface area contributed by atoms with Gasteiger partial charge >= 0.3 is 0 Å². The molecule has 1 heterocycles. The van der Waals surface area contributed by atoms with Gasteiger partial charge in [0.2, 0.25) is 11.8 Å². The maximum Gasteiger partial charge on any atom is 0.254 e. The highest BCUT2D eigenvalue weighted by molar-refractivity contribution is 7.13. The maximum atomic E-state index is 12.9. The number of aromatic nitrogens is 1. The lowest BCUT2D eigenvalue weighted by Crippen LogP contribution is -2.42. The fourth-order valence-electron chi connectivity index (χ4n) is 2.77. The lowest BCUT2D eigenvalue weighted by Gasteiger charge is -2.26. The number of halogens is 2. The van der Waals surface area contributed by atoms with Crippen molar-refractivity contribution in [2.24, 2.45) is 5.92 Å². The van der Waals surface area contributed by atoms with Crippen molar-refractivity contribution in [2.75, 3.05) is 18.4 Å². The topological polar surface area (TPSA) is 91.4 Å². The van der Waals surface area contributed by atoms with Gasteiger partial charge in [-0.2, -0.15) is 0 Å². The summed E-state index contributed by atoms with van der Waals surface area (Å²) < 4.78 is 0. The minimum atomic E-state index is -0.380. The molecule has 1 aromatic carbocycles. The van der Waals surface area contributed by atoms with E-state index >= 15 is 0 Å². The van der Waals surface area contributed by atoms with Gasteiger partial charge < -0.3 is 15.5 Å². The van der Waals surface area contributed by atoms with Gasteiger partial charge in [-0.05, 0) is 44.4 Å². The van der Waals surface area contributed by atoms with E-state index in [2.05, 4.69) is 29.5 Å². The van der Waals surface area contributed by atoms with Crippen LogP contribution in [0.5, 0.6) is 0 Å². The molecule has 0 bridgehead atoms. The molecule has 2 rings (SSSR count). The largest absolute Gasteiger partial charge is 0.356 e. The van der Waals surface area contributed by atoms with Gasteiger partial charge in [0.05, 0.1) is 22.2 Å². The fraction of sp³-hybridized carbons (Fsp3) is 0.455. The van der Waals surface area contributed by atoms with Crippen molar-refractivity contribution in [3.05, 3.63) is 44.9 Å². The minimum absolute atomic E-state index is 0.105. The minimum Gasteiger partial charge on any atom is -0.356 e. The zero-order chi connectivity index (χ0) is 23.8. The highest BCUT2D eigenvalue weighted by Gasteiger charge is 2.23. The number of benzene rings is 1. The summed E-state index contributed by atoms with van der Waals surface area (Å²) in [5.74, 6) is -0.293. The summed E-state index contributed by atoms with van der Waals surface area (Å²) >= 11 is 13.2. The van der Waals surface area contributed by atoms with Crippen LogP contribution in [-0.4, -0.2) is 46.7 Å². The molecule has 0 saturated carbocycles. The van der Waals surface area contributed by atoms with E-state index in [9.17, 15) is 14.4 Å². The first-order valence-corrected chi connectivity index (χ1v) is 12.0. The Hall–Kier alpha value is -2.16. The van der Waals surface area contributed by atoms with Crippen LogP contribution in [0.4, 0.5) is 5.13 Å². The Morgan fingerprint density at radius 2 is 1.81 bits per heavy atom. The zero-order valence-corrected chi connectivity index (χ0v) is 20.9. The van der Waals surface area contributed by atoms with E-state index in [1.54, 1.807) is 17.5 Å². The Labute approximate surface area is 202 Å². The van der Waals surface area contributed by atoms with Gasteiger partial charge in [0.1, 0.15) is 6.54 Å². The quantitative estimate of drug-likeness (QED) is 0.498. The van der Waals surface area contributed by atoms with Crippen LogP contribution in [-0.2, 0) is 16.0 Å². The highest BCUT2D eigenvalue weighted by atomic mass is 35.5. The van der Waals surface area contributed by atoms with Crippen LogP contribution in [0.3, 0.4) is 0 Å². The van der Waals surface area contributed by atoms with Crippen molar-refractivity contribution in [1.82, 2.24) is 15.2 Å². The molecule has 2 aromatic rings. The number of nitrogens with zero attached hydrogens (tertiary/aromatic N) is 2. The second-order valence-electron chi connectivity index (χ2n) is 8.06. The van der Waals surface area contributed by atoms with E-state index < -0.39 is 0 Å². The van der Waals surface area contributed by atoms with Crippen molar-refractivity contribution in [1.29, 1.82) is 0 Å². The number of rotatable bonds is 10. The van der Waals surface area contributed by atoms with Crippen LogP contribution < -0.4 is 10.6 Å². The molecule has 0 unspecified atom stereocenters. The highest BCUT2D eigenvalue weighted by Crippen LogP contribution is 2.24. The van der Waals surface area contributed by atoms with Gasteiger partial charge in [0.15, 0.2) is 5.13 Å². The van der Waals surface area contributed by atoms with Crippen molar-refractivity contribution in [2.45, 2.75) is 46.6 Å². The molecule has 3 amide bonds. The third-order valence-corrected chi connectivity index (χ3v) is 6.09. The van der Waals surface area contributed by atoms with Crippen LogP contribution >= 0.6 is 34.5 Å². The first kappa shape index (κ1) is 26.1. The Balaban J connectivity index is 1.94. The first-order valence-electron chi connectivity index (χ1n) is 10.3. The number of carbonyl (C=O) groups excluding carboxylic acids is 3. The molecule has 7 nitrogen and oxygen atoms in total. The van der Waals surface area contributed by atoms with E-state index in [0.717, 1.165) is 6.42 Å². The molecule has 0 aliphatic carbocycles. The molecule has 0 saturated heterocycles. The third kappa shape index (κ3) is 8.07. The van der Waals surface area contributed by atoms with Crippen molar-refractivity contribution >= 4 is 57.4 Å². The van der Waals surface area contributed by atoms with Gasteiger partial charge in [-0.25, -0.2) is 4.98 Å². The summed E-state index contributed by atoms with van der Waals surface area (Å²) in [6.07, 6.45) is 1.07. The third-order valence-electron chi connectivity index (χ3n) is 4.55. The van der Waals surface area contributed by atoms with E-state index in [-0.39, 0.29) is 41.8 Å². The maximum absolute atomic E-state index is 12.9. The number of carbonyl (C=O) groups is 3. The normalized spacial score (nSPS) is 11.0. The molecule has 0 atom stereocenters. The second kappa shape index (κ2) is 12.2. The zero-order valence-electron chi connectivity index (χ0n) is 18.6. The van der Waals surface area contributed by atoms with Gasteiger partial charge in [-0.15, -0.1) is 11.3 Å². The van der Waals surface area contributed by atoms with Crippen LogP contribution in [0.2, 0.25) is 10.0 Å². The summed E-state index contributed by atoms with van der Waals surface area (Å²) in [6, 6.07) is 4.39. The monoisotopic (exact) mass is 498 g/mol. The van der Waals surface area contributed by atoms with Gasteiger partial charge in [-0.3, -0.25) is 14.4 Å². The molecule has 2 N–H and O–H groups in total. The lowest BCUT2D eigenvalue weighted by molar-refractivity contribution is -0.120. The van der Waals surface area contributed by atoms with Crippen LogP contribution in [0.1, 0.15) is 50.2 Å². The Bertz CT molecular complexity index is 962. The number of nitrogens with one attached hydrogen (secondary N) is 2. The van der Waals surface area contributed by atoms with Gasteiger partial charge in [-0.1, -0.05) is 37.0 Å². The van der Waals surface area contributed by atoms with Crippen LogP contribution in [0, 0.1) is 5.92 Å². The smallest absolute Gasteiger partial charge is 0.254 e. The molecule has 174 valence electrons. The molecular weight excluding hydrogens is 471 g/mol. The van der Waals surface area contributed by atoms with Crippen molar-refractivity contribution in [3.63, 3.8) is 0 Å². The number of anilines is 1. The Kier molecular flexibility index (Phi) is 9.93. The van der Waals surface area contributed by atoms with E-state index in [0.29, 0.717) is 33.9 Å². The lowest BCUT2D eigenvalue weighted by atomic mass is 10.1. The Morgan fingerprint density at radius 1 is 1.09 bits per heavy atom. The SMILES string of the molecule is CC(C)CCNC(=O)Cc1csc(NC(=O)CN(C(=O)c2ccc(Cl)c(Cl)c2)C(C)C)n1. The van der Waals surface area contributed by atoms with Crippen LogP contribution in [0.15, 0.2) is 23.6 Å². The summed E-state index contributed by atoms with van der Waals surface area (Å²) in [4.78, 5) is 43.2. The fourth-order valence-corrected chi connectivity index (χ4v) is 3.79. The summed E-state index contributed by atoms with van der Waals surface area (Å²) in [7, 11) is 0. The van der Waals surface area contributed by atoms with Crippen LogP contribution in [0.25, 0.3) is 0 Å². The number of hydrogen-bond donors (Lipinski definition) is 2. The molecule has 0 fully saturated rings. The van der Waals surface area contributed by atoms with Gasteiger partial charge in [0.25, 0.3) is 5.91 Å². The molecule has 10 heteroatoms. The average Bonchev–Trinajstić information content (AvgIpc) is 3.13. The molecule has 0 radical (unpaired) electrons. The summed E-state index contributed by atoms with van der Waals surface area (Å²) in [6.45, 7) is 8.31. The first-order chi connectivity index (χ1) is 15.1. The standard InChI is InChI=1S/C22H28Cl2N4O3S/c1-13(2)7-8-25-19(29)10-16-12-32-22(26-16)27-20(30)11-28(14(3)4)21(31)15-5-6-17(23)18(24)9-15/h5-6,9,12-14H,7-8,10-11H2,1-4H3,(H,25,29)(H,26,27,30). The van der Waals surface area contributed by atoms with E-state index in [1.807, 2.05) is 13.8 Å². The number of thiazole rings is 1. The number of amides is 3. The van der Waals surface area contributed by atoms with Gasteiger partial charge in [0, 0.05) is 23.5 Å². The molecule has 0 aliphatic rings. The predicted molar refractivity (Wildman–Crippen MR) is 130 cm³/mol.